The largest absolute Gasteiger partial charge is 0.0656 e. The Labute approximate surface area is 117 Å². The fourth-order valence-corrected chi connectivity index (χ4v) is 1.42. The Morgan fingerprint density at radius 3 is 1.16 bits per heavy atom. The van der Waals surface area contributed by atoms with Gasteiger partial charge >= 0.3 is 0 Å². The molecule has 0 radical (unpaired) electrons. The SMILES string of the molecule is CCC.Cc1ccc(C#Cc2ccc(C)cc2)cc1. The van der Waals surface area contributed by atoms with Gasteiger partial charge in [0.25, 0.3) is 0 Å². The number of aryl methyl sites for hydroxylation is 2. The van der Waals surface area contributed by atoms with Crippen molar-refractivity contribution in [1.82, 2.24) is 0 Å². The quantitative estimate of drug-likeness (QED) is 0.569. The van der Waals surface area contributed by atoms with Gasteiger partial charge in [-0.2, -0.15) is 0 Å². The van der Waals surface area contributed by atoms with Crippen molar-refractivity contribution in [3.05, 3.63) is 70.8 Å². The van der Waals surface area contributed by atoms with Gasteiger partial charge in [0.05, 0.1) is 0 Å². The number of benzene rings is 2. The summed E-state index contributed by atoms with van der Waals surface area (Å²) in [5.74, 6) is 6.32. The highest BCUT2D eigenvalue weighted by Gasteiger charge is 1.88. The van der Waals surface area contributed by atoms with Gasteiger partial charge in [0.2, 0.25) is 0 Å². The van der Waals surface area contributed by atoms with Gasteiger partial charge in [-0.1, -0.05) is 67.5 Å². The van der Waals surface area contributed by atoms with Crippen LogP contribution in [-0.4, -0.2) is 0 Å². The van der Waals surface area contributed by atoms with Crippen molar-refractivity contribution in [2.24, 2.45) is 0 Å². The molecule has 2 aromatic rings. The third kappa shape index (κ3) is 5.93. The van der Waals surface area contributed by atoms with E-state index in [0.717, 1.165) is 11.1 Å². The molecule has 0 fully saturated rings. The molecule has 0 aromatic heterocycles. The number of rotatable bonds is 0. The van der Waals surface area contributed by atoms with E-state index in [4.69, 9.17) is 0 Å². The van der Waals surface area contributed by atoms with Gasteiger partial charge in [-0.3, -0.25) is 0 Å². The summed E-state index contributed by atoms with van der Waals surface area (Å²) in [6.45, 7) is 8.41. The summed E-state index contributed by atoms with van der Waals surface area (Å²) in [5, 5.41) is 0. The molecule has 0 spiro atoms. The van der Waals surface area contributed by atoms with Crippen molar-refractivity contribution < 1.29 is 0 Å². The van der Waals surface area contributed by atoms with Gasteiger partial charge in [-0.05, 0) is 38.1 Å². The first-order valence-corrected chi connectivity index (χ1v) is 6.81. The number of hydrogen-bond donors (Lipinski definition) is 0. The van der Waals surface area contributed by atoms with Gasteiger partial charge in [-0.25, -0.2) is 0 Å². The molecule has 98 valence electrons. The van der Waals surface area contributed by atoms with Crippen LogP contribution in [0.25, 0.3) is 0 Å². The molecule has 0 aliphatic rings. The Morgan fingerprint density at radius 1 is 0.632 bits per heavy atom. The smallest absolute Gasteiger partial charge is 0.0249 e. The van der Waals surface area contributed by atoms with Crippen molar-refractivity contribution in [2.75, 3.05) is 0 Å². The predicted octanol–water partition coefficient (Wildman–Crippen LogP) is 5.12. The van der Waals surface area contributed by atoms with E-state index in [1.807, 2.05) is 0 Å². The van der Waals surface area contributed by atoms with Crippen LogP contribution in [0, 0.1) is 25.7 Å². The molecule has 0 amide bonds. The van der Waals surface area contributed by atoms with Gasteiger partial charge in [0.1, 0.15) is 0 Å². The lowest BCUT2D eigenvalue weighted by atomic mass is 10.1. The van der Waals surface area contributed by atoms with E-state index in [-0.39, 0.29) is 0 Å². The second-order valence-electron chi connectivity index (χ2n) is 4.69. The Bertz CT molecular complexity index is 484. The third-order valence-corrected chi connectivity index (χ3v) is 2.45. The Morgan fingerprint density at radius 2 is 0.895 bits per heavy atom. The van der Waals surface area contributed by atoms with Gasteiger partial charge in [-0.15, -0.1) is 0 Å². The zero-order valence-electron chi connectivity index (χ0n) is 12.3. The van der Waals surface area contributed by atoms with Crippen molar-refractivity contribution >= 4 is 0 Å². The standard InChI is InChI=1S/C16H14.C3H8/c1-13-3-7-15(8-4-13)11-12-16-9-5-14(2)6-10-16;1-3-2/h3-10H,1-2H3;3H2,1-2H3. The van der Waals surface area contributed by atoms with Gasteiger partial charge < -0.3 is 0 Å². The third-order valence-electron chi connectivity index (χ3n) is 2.45. The van der Waals surface area contributed by atoms with Crippen LogP contribution in [0.4, 0.5) is 0 Å². The minimum Gasteiger partial charge on any atom is -0.0656 e. The van der Waals surface area contributed by atoms with Crippen molar-refractivity contribution in [1.29, 1.82) is 0 Å². The molecule has 0 heterocycles. The summed E-state index contributed by atoms with van der Waals surface area (Å²) in [7, 11) is 0. The fraction of sp³-hybridized carbons (Fsp3) is 0.263. The zero-order chi connectivity index (χ0) is 14.1. The molecule has 0 saturated carbocycles. The topological polar surface area (TPSA) is 0 Å². The lowest BCUT2D eigenvalue weighted by molar-refractivity contribution is 1.09. The first-order valence-electron chi connectivity index (χ1n) is 6.81. The highest BCUT2D eigenvalue weighted by atomic mass is 13.9. The van der Waals surface area contributed by atoms with Crippen LogP contribution in [0.5, 0.6) is 0 Å². The molecule has 2 aromatic carbocycles. The summed E-state index contributed by atoms with van der Waals surface area (Å²) >= 11 is 0. The molecule has 0 bridgehead atoms. The zero-order valence-corrected chi connectivity index (χ0v) is 12.3. The molecule has 0 saturated heterocycles. The van der Waals surface area contributed by atoms with Crippen LogP contribution in [-0.2, 0) is 0 Å². The molecule has 0 atom stereocenters. The lowest BCUT2D eigenvalue weighted by Gasteiger charge is -1.93. The van der Waals surface area contributed by atoms with Gasteiger partial charge in [0, 0.05) is 11.1 Å². The highest BCUT2D eigenvalue weighted by Crippen LogP contribution is 2.03. The molecular weight excluding hydrogens is 228 g/mol. The lowest BCUT2D eigenvalue weighted by Crippen LogP contribution is -1.77. The summed E-state index contributed by atoms with van der Waals surface area (Å²) < 4.78 is 0. The Balaban J connectivity index is 0.000000550. The van der Waals surface area contributed by atoms with E-state index in [1.54, 1.807) is 0 Å². The van der Waals surface area contributed by atoms with Crippen molar-refractivity contribution in [3.63, 3.8) is 0 Å². The van der Waals surface area contributed by atoms with Gasteiger partial charge in [0.15, 0.2) is 0 Å². The van der Waals surface area contributed by atoms with E-state index in [9.17, 15) is 0 Å². The normalized spacial score (nSPS) is 8.84. The molecule has 0 heteroatoms. The Hall–Kier alpha value is -2.00. The monoisotopic (exact) mass is 250 g/mol. The predicted molar refractivity (Wildman–Crippen MR) is 84.3 cm³/mol. The molecule has 0 N–H and O–H groups in total. The average molecular weight is 250 g/mol. The maximum atomic E-state index is 3.16. The van der Waals surface area contributed by atoms with E-state index in [1.165, 1.54) is 17.5 Å². The highest BCUT2D eigenvalue weighted by molar-refractivity contribution is 5.43. The first kappa shape index (κ1) is 15.1. The maximum absolute atomic E-state index is 3.16. The molecule has 19 heavy (non-hydrogen) atoms. The first-order chi connectivity index (χ1) is 9.15. The van der Waals surface area contributed by atoms with Crippen LogP contribution in [0.3, 0.4) is 0 Å². The maximum Gasteiger partial charge on any atom is 0.0249 e. The van der Waals surface area contributed by atoms with E-state index < -0.39 is 0 Å². The molecule has 0 aliphatic carbocycles. The average Bonchev–Trinajstić information content (AvgIpc) is 2.41. The summed E-state index contributed by atoms with van der Waals surface area (Å²) in [4.78, 5) is 0. The summed E-state index contributed by atoms with van der Waals surface area (Å²) in [6, 6.07) is 16.5. The minimum atomic E-state index is 1.06. The van der Waals surface area contributed by atoms with Crippen LogP contribution in [0.2, 0.25) is 0 Å². The summed E-state index contributed by atoms with van der Waals surface area (Å²) in [5.41, 5.74) is 4.65. The molecule has 2 rings (SSSR count). The minimum absolute atomic E-state index is 1.06. The van der Waals surface area contributed by atoms with Crippen LogP contribution in [0.1, 0.15) is 42.5 Å². The second-order valence-corrected chi connectivity index (χ2v) is 4.69. The molecule has 0 aliphatic heterocycles. The van der Waals surface area contributed by atoms with Crippen LogP contribution < -0.4 is 0 Å². The Kier molecular flexibility index (Phi) is 6.47. The van der Waals surface area contributed by atoms with E-state index in [0.29, 0.717) is 0 Å². The second kappa shape index (κ2) is 8.16. The fourth-order valence-electron chi connectivity index (χ4n) is 1.42. The summed E-state index contributed by atoms with van der Waals surface area (Å²) in [6.07, 6.45) is 1.25. The van der Waals surface area contributed by atoms with E-state index in [2.05, 4.69) is 88.1 Å². The molecular formula is C19H22. The number of hydrogen-bond acceptors (Lipinski definition) is 0. The van der Waals surface area contributed by atoms with Crippen molar-refractivity contribution in [3.8, 4) is 11.8 Å². The molecule has 0 nitrogen and oxygen atoms in total. The van der Waals surface area contributed by atoms with Crippen LogP contribution >= 0.6 is 0 Å². The van der Waals surface area contributed by atoms with E-state index >= 15 is 0 Å². The van der Waals surface area contributed by atoms with Crippen molar-refractivity contribution in [2.45, 2.75) is 34.1 Å². The van der Waals surface area contributed by atoms with Crippen LogP contribution in [0.15, 0.2) is 48.5 Å². The molecule has 0 unspecified atom stereocenters.